The van der Waals surface area contributed by atoms with Crippen molar-refractivity contribution < 1.29 is 0 Å². The molecule has 1 aliphatic heterocycles. The number of nitrogens with zero attached hydrogens (tertiary/aromatic N) is 1. The van der Waals surface area contributed by atoms with Gasteiger partial charge in [-0.05, 0) is 163 Å². The summed E-state index contributed by atoms with van der Waals surface area (Å²) in [5.41, 5.74) is 16.2. The Hall–Kier alpha value is -8.78. The van der Waals surface area contributed by atoms with Gasteiger partial charge >= 0.3 is 0 Å². The second kappa shape index (κ2) is 14.6. The van der Waals surface area contributed by atoms with Crippen molar-refractivity contribution >= 4 is 86.4 Å². The molecule has 326 valence electrons. The Labute approximate surface area is 406 Å². The van der Waals surface area contributed by atoms with E-state index >= 15 is 0 Å². The summed E-state index contributed by atoms with van der Waals surface area (Å²) in [6.07, 6.45) is 0. The molecule has 15 rings (SSSR count). The Morgan fingerprint density at radius 3 is 1.13 bits per heavy atom. The van der Waals surface area contributed by atoms with Gasteiger partial charge in [0.2, 0.25) is 0 Å². The predicted octanol–water partition coefficient (Wildman–Crippen LogP) is 19.0. The zero-order valence-corrected chi connectivity index (χ0v) is 39.0. The third-order valence-corrected chi connectivity index (χ3v) is 15.9. The van der Waals surface area contributed by atoms with Crippen LogP contribution in [0.4, 0.5) is 0 Å². The minimum atomic E-state index is -0.264. The highest BCUT2D eigenvalue weighted by Crippen LogP contribution is 2.53. The third kappa shape index (κ3) is 5.49. The fourth-order valence-corrected chi connectivity index (χ4v) is 12.7. The molecule has 0 amide bonds. The van der Waals surface area contributed by atoms with Gasteiger partial charge in [0.15, 0.2) is 0 Å². The molecule has 0 aliphatic carbocycles. The first-order valence-electron chi connectivity index (χ1n) is 24.6. The summed E-state index contributed by atoms with van der Waals surface area (Å²) in [6, 6.07) is 89.0. The lowest BCUT2D eigenvalue weighted by molar-refractivity contribution is 0.630. The van der Waals surface area contributed by atoms with Crippen LogP contribution in [0.15, 0.2) is 237 Å². The summed E-state index contributed by atoms with van der Waals surface area (Å²) in [5, 5.41) is 17.6. The van der Waals surface area contributed by atoms with E-state index in [1.54, 1.807) is 0 Å². The number of hydrogen-bond donors (Lipinski definition) is 0. The van der Waals surface area contributed by atoms with E-state index in [0.717, 1.165) is 0 Å². The number of para-hydroxylation sites is 1. The van der Waals surface area contributed by atoms with Crippen molar-refractivity contribution in [3.8, 4) is 50.2 Å². The van der Waals surface area contributed by atoms with Crippen molar-refractivity contribution in [3.63, 3.8) is 0 Å². The Balaban J connectivity index is 1.03. The molecule has 0 saturated carbocycles. The lowest BCUT2D eigenvalue weighted by atomic mass is 9.73. The highest BCUT2D eigenvalue weighted by molar-refractivity contribution is 6.25. The molecular weight excluding hydrogens is 843 g/mol. The first-order valence-corrected chi connectivity index (χ1v) is 24.6. The molecule has 0 saturated heterocycles. The molecule has 0 radical (unpaired) electrons. The quantitative estimate of drug-likeness (QED) is 0.155. The molecule has 1 aliphatic rings. The lowest BCUT2D eigenvalue weighted by Crippen LogP contribution is -2.26. The standard InChI is InChI=1S/C69H45N/c1-69(2)60-29-15-16-30-63(60)70-62-36-35-48(66-52-23-9-7-21-50(52)64(51-22-8-10-24-53(51)66)46-33-31-42-17-3-5-19-44(42)37-46)39-58(62)59-40-49(41-61(69)68(59)70)67-56-27-13-11-25-54(56)65(55-26-12-14-28-57(55)67)47-34-32-43-18-4-6-20-45(43)38-47/h3-41H,1-2H3. The van der Waals surface area contributed by atoms with Gasteiger partial charge in [-0.25, -0.2) is 0 Å². The smallest absolute Gasteiger partial charge is 0.0582 e. The highest BCUT2D eigenvalue weighted by atomic mass is 15.0. The van der Waals surface area contributed by atoms with Crippen LogP contribution in [0.3, 0.4) is 0 Å². The fraction of sp³-hybridized carbons (Fsp3) is 0.0435. The fourth-order valence-electron chi connectivity index (χ4n) is 12.7. The van der Waals surface area contributed by atoms with Crippen LogP contribution in [0, 0.1) is 0 Å². The van der Waals surface area contributed by atoms with E-state index in [0.29, 0.717) is 0 Å². The summed E-state index contributed by atoms with van der Waals surface area (Å²) < 4.78 is 2.56. The number of hydrogen-bond acceptors (Lipinski definition) is 0. The van der Waals surface area contributed by atoms with E-state index in [2.05, 4.69) is 255 Å². The van der Waals surface area contributed by atoms with Crippen molar-refractivity contribution in [3.05, 3.63) is 248 Å². The minimum absolute atomic E-state index is 0.264. The largest absolute Gasteiger partial charge is 0.309 e. The predicted molar refractivity (Wildman–Crippen MR) is 300 cm³/mol. The van der Waals surface area contributed by atoms with Crippen LogP contribution in [-0.2, 0) is 5.41 Å². The first-order chi connectivity index (χ1) is 34.5. The zero-order chi connectivity index (χ0) is 46.2. The number of fused-ring (bicyclic) bond motifs is 11. The van der Waals surface area contributed by atoms with Crippen LogP contribution < -0.4 is 0 Å². The van der Waals surface area contributed by atoms with E-state index in [9.17, 15) is 0 Å². The maximum atomic E-state index is 2.56. The van der Waals surface area contributed by atoms with Crippen LogP contribution in [0.2, 0.25) is 0 Å². The van der Waals surface area contributed by atoms with Gasteiger partial charge in [0, 0.05) is 16.2 Å². The number of aromatic nitrogens is 1. The average molecular weight is 888 g/mol. The Morgan fingerprint density at radius 2 is 0.643 bits per heavy atom. The van der Waals surface area contributed by atoms with Gasteiger partial charge in [-0.2, -0.15) is 0 Å². The topological polar surface area (TPSA) is 4.93 Å². The molecule has 0 unspecified atom stereocenters. The van der Waals surface area contributed by atoms with E-state index in [1.807, 2.05) is 0 Å². The molecule has 1 nitrogen and oxygen atoms in total. The average Bonchev–Trinajstić information content (AvgIpc) is 3.74. The molecular formula is C69H45N. The van der Waals surface area contributed by atoms with Gasteiger partial charge in [-0.15, -0.1) is 0 Å². The van der Waals surface area contributed by atoms with E-state index in [1.165, 1.54) is 148 Å². The Kier molecular flexibility index (Phi) is 8.19. The molecule has 2 heterocycles. The van der Waals surface area contributed by atoms with Crippen molar-refractivity contribution in [2.45, 2.75) is 19.3 Å². The Morgan fingerprint density at radius 1 is 0.271 bits per heavy atom. The summed E-state index contributed by atoms with van der Waals surface area (Å²) in [7, 11) is 0. The summed E-state index contributed by atoms with van der Waals surface area (Å²) in [5.74, 6) is 0. The van der Waals surface area contributed by atoms with Crippen molar-refractivity contribution in [2.75, 3.05) is 0 Å². The zero-order valence-electron chi connectivity index (χ0n) is 39.0. The minimum Gasteiger partial charge on any atom is -0.309 e. The molecule has 13 aromatic carbocycles. The normalized spacial score (nSPS) is 13.1. The van der Waals surface area contributed by atoms with Crippen LogP contribution in [0.1, 0.15) is 25.0 Å². The van der Waals surface area contributed by atoms with E-state index < -0.39 is 0 Å². The molecule has 0 N–H and O–H groups in total. The van der Waals surface area contributed by atoms with Gasteiger partial charge in [0.05, 0.1) is 16.7 Å². The molecule has 0 atom stereocenters. The number of benzene rings is 13. The summed E-state index contributed by atoms with van der Waals surface area (Å²) >= 11 is 0. The first kappa shape index (κ1) is 39.2. The second-order valence-corrected chi connectivity index (χ2v) is 19.9. The molecule has 1 heteroatoms. The van der Waals surface area contributed by atoms with Gasteiger partial charge < -0.3 is 4.57 Å². The Bertz CT molecular complexity index is 4450. The summed E-state index contributed by atoms with van der Waals surface area (Å²) in [4.78, 5) is 0. The molecule has 0 spiro atoms. The van der Waals surface area contributed by atoms with Crippen molar-refractivity contribution in [2.24, 2.45) is 0 Å². The molecule has 70 heavy (non-hydrogen) atoms. The molecule has 0 fully saturated rings. The monoisotopic (exact) mass is 887 g/mol. The SMILES string of the molecule is CC1(C)c2ccccc2-n2c3ccc(-c4c5ccccc5c(-c5ccc6ccccc6c5)c5ccccc45)cc3c3cc(-c4c5ccccc5c(-c5ccc6ccccc6c5)c5ccccc45)cc1c32. The maximum Gasteiger partial charge on any atom is 0.0582 e. The van der Waals surface area contributed by atoms with Crippen LogP contribution in [-0.4, -0.2) is 4.57 Å². The molecule has 1 aromatic heterocycles. The van der Waals surface area contributed by atoms with Crippen LogP contribution >= 0.6 is 0 Å². The third-order valence-electron chi connectivity index (χ3n) is 15.9. The number of rotatable bonds is 4. The maximum absolute atomic E-state index is 2.56. The van der Waals surface area contributed by atoms with Crippen LogP contribution in [0.5, 0.6) is 0 Å². The highest BCUT2D eigenvalue weighted by Gasteiger charge is 2.36. The van der Waals surface area contributed by atoms with Crippen molar-refractivity contribution in [1.82, 2.24) is 4.57 Å². The van der Waals surface area contributed by atoms with Gasteiger partial charge in [-0.3, -0.25) is 0 Å². The molecule has 14 aromatic rings. The van der Waals surface area contributed by atoms with Gasteiger partial charge in [-0.1, -0.05) is 208 Å². The van der Waals surface area contributed by atoms with Crippen LogP contribution in [0.25, 0.3) is 137 Å². The molecule has 0 bridgehead atoms. The van der Waals surface area contributed by atoms with Gasteiger partial charge in [0.25, 0.3) is 0 Å². The van der Waals surface area contributed by atoms with E-state index in [-0.39, 0.29) is 5.41 Å². The summed E-state index contributed by atoms with van der Waals surface area (Å²) in [6.45, 7) is 4.84. The van der Waals surface area contributed by atoms with Crippen molar-refractivity contribution in [1.29, 1.82) is 0 Å². The second-order valence-electron chi connectivity index (χ2n) is 19.9. The van der Waals surface area contributed by atoms with E-state index in [4.69, 9.17) is 0 Å². The lowest BCUT2D eigenvalue weighted by Gasteiger charge is -2.35. The van der Waals surface area contributed by atoms with Gasteiger partial charge in [0.1, 0.15) is 0 Å².